The van der Waals surface area contributed by atoms with Crippen molar-refractivity contribution in [2.24, 2.45) is 0 Å². The Kier molecular flexibility index (Phi) is 2.32. The van der Waals surface area contributed by atoms with Crippen LogP contribution in [0.5, 0.6) is 0 Å². The molecule has 0 amide bonds. The normalized spacial score (nSPS) is 10.7. The molecule has 2 aromatic rings. The lowest BCUT2D eigenvalue weighted by Crippen LogP contribution is -1.98. The molecule has 5 heteroatoms. The minimum absolute atomic E-state index is 0.237. The second kappa shape index (κ2) is 3.51. The summed E-state index contributed by atoms with van der Waals surface area (Å²) in [6.07, 6.45) is 0. The van der Waals surface area contributed by atoms with Crippen LogP contribution in [0.25, 0.3) is 11.1 Å². The van der Waals surface area contributed by atoms with Crippen molar-refractivity contribution in [1.29, 1.82) is 0 Å². The molecule has 0 saturated heterocycles. The number of carbonyl (C=O) groups is 1. The third-order valence-corrected chi connectivity index (χ3v) is 2.53. The van der Waals surface area contributed by atoms with Crippen LogP contribution in [-0.2, 0) is 6.54 Å². The third-order valence-electron chi connectivity index (χ3n) is 2.23. The fourth-order valence-electron chi connectivity index (χ4n) is 1.49. The van der Waals surface area contributed by atoms with Gasteiger partial charge in [0.2, 0.25) is 0 Å². The van der Waals surface area contributed by atoms with Gasteiger partial charge in [0.1, 0.15) is 0 Å². The summed E-state index contributed by atoms with van der Waals surface area (Å²) in [6, 6.07) is 4.70. The van der Waals surface area contributed by atoms with Crippen molar-refractivity contribution in [1.82, 2.24) is 4.57 Å². The lowest BCUT2D eigenvalue weighted by molar-refractivity contribution is 0.0697. The van der Waals surface area contributed by atoms with E-state index in [-0.39, 0.29) is 5.56 Å². The first-order valence-electron chi connectivity index (χ1n) is 4.50. The molecule has 1 heterocycles. The van der Waals surface area contributed by atoms with E-state index in [2.05, 4.69) is 0 Å². The molecule has 0 saturated carbocycles. The highest BCUT2D eigenvalue weighted by atomic mass is 32.1. The fraction of sp³-hybridized carbons (Fsp3) is 0.200. The summed E-state index contributed by atoms with van der Waals surface area (Å²) in [6.45, 7) is 2.59. The van der Waals surface area contributed by atoms with E-state index in [1.807, 2.05) is 6.92 Å². The van der Waals surface area contributed by atoms with E-state index in [9.17, 15) is 4.79 Å². The molecule has 0 unspecified atom stereocenters. The van der Waals surface area contributed by atoms with Crippen LogP contribution in [-0.4, -0.2) is 15.6 Å². The number of hydrogen-bond donors (Lipinski definition) is 1. The van der Waals surface area contributed by atoms with E-state index < -0.39 is 5.97 Å². The molecule has 0 bridgehead atoms. The molecular weight excluding hydrogens is 214 g/mol. The van der Waals surface area contributed by atoms with E-state index in [1.54, 1.807) is 16.7 Å². The molecule has 1 aromatic carbocycles. The summed E-state index contributed by atoms with van der Waals surface area (Å²) in [5, 5.41) is 8.85. The van der Waals surface area contributed by atoms with Crippen molar-refractivity contribution < 1.29 is 14.3 Å². The minimum atomic E-state index is -0.952. The molecular formula is C10H9NO3S. The second-order valence-corrected chi connectivity index (χ2v) is 3.45. The monoisotopic (exact) mass is 223 g/mol. The summed E-state index contributed by atoms with van der Waals surface area (Å²) >= 11 is 5.01. The lowest BCUT2D eigenvalue weighted by Gasteiger charge is -1.98. The number of fused-ring (bicyclic) bond motifs is 1. The highest BCUT2D eigenvalue weighted by Crippen LogP contribution is 2.19. The van der Waals surface area contributed by atoms with Crippen LogP contribution < -0.4 is 0 Å². The maximum atomic E-state index is 10.8. The van der Waals surface area contributed by atoms with Gasteiger partial charge in [-0.15, -0.1) is 0 Å². The van der Waals surface area contributed by atoms with Crippen LogP contribution >= 0.6 is 12.2 Å². The molecule has 15 heavy (non-hydrogen) atoms. The Bertz CT molecular complexity index is 582. The van der Waals surface area contributed by atoms with Gasteiger partial charge in [0, 0.05) is 6.54 Å². The Hall–Kier alpha value is -1.62. The van der Waals surface area contributed by atoms with Gasteiger partial charge in [-0.25, -0.2) is 4.79 Å². The first-order valence-corrected chi connectivity index (χ1v) is 4.91. The van der Waals surface area contributed by atoms with E-state index >= 15 is 0 Å². The van der Waals surface area contributed by atoms with Gasteiger partial charge in [0.15, 0.2) is 5.58 Å². The second-order valence-electron chi connectivity index (χ2n) is 3.10. The summed E-state index contributed by atoms with van der Waals surface area (Å²) in [5.41, 5.74) is 1.58. The van der Waals surface area contributed by atoms with Crippen molar-refractivity contribution >= 4 is 29.3 Å². The van der Waals surface area contributed by atoms with Crippen LogP contribution in [0.3, 0.4) is 0 Å². The average molecular weight is 223 g/mol. The number of hydrogen-bond acceptors (Lipinski definition) is 3. The molecule has 0 radical (unpaired) electrons. The number of carboxylic acids is 1. The highest BCUT2D eigenvalue weighted by Gasteiger charge is 2.09. The molecule has 0 spiro atoms. The fourth-order valence-corrected chi connectivity index (χ4v) is 1.81. The van der Waals surface area contributed by atoms with Gasteiger partial charge in [-0.2, -0.15) is 0 Å². The first-order chi connectivity index (χ1) is 7.13. The predicted molar refractivity (Wildman–Crippen MR) is 57.7 cm³/mol. The SMILES string of the molecule is CCn1c(=S)oc2ccc(C(=O)O)cc21. The van der Waals surface area contributed by atoms with Gasteiger partial charge in [-0.1, -0.05) is 0 Å². The zero-order chi connectivity index (χ0) is 11.0. The van der Waals surface area contributed by atoms with Gasteiger partial charge < -0.3 is 9.52 Å². The topological polar surface area (TPSA) is 55.4 Å². The Balaban J connectivity index is 2.79. The molecule has 2 rings (SSSR count). The number of aryl methyl sites for hydroxylation is 1. The van der Waals surface area contributed by atoms with E-state index in [4.69, 9.17) is 21.7 Å². The van der Waals surface area contributed by atoms with Crippen LogP contribution in [0, 0.1) is 4.84 Å². The zero-order valence-corrected chi connectivity index (χ0v) is 8.87. The maximum absolute atomic E-state index is 10.8. The summed E-state index contributed by atoms with van der Waals surface area (Å²) < 4.78 is 7.07. The smallest absolute Gasteiger partial charge is 0.335 e. The molecule has 0 aliphatic heterocycles. The molecule has 0 aliphatic carbocycles. The van der Waals surface area contributed by atoms with E-state index in [1.165, 1.54) is 6.07 Å². The highest BCUT2D eigenvalue weighted by molar-refractivity contribution is 7.71. The number of nitrogens with zero attached hydrogens (tertiary/aromatic N) is 1. The van der Waals surface area contributed by atoms with Crippen LogP contribution in [0.15, 0.2) is 22.6 Å². The summed E-state index contributed by atoms with van der Waals surface area (Å²) in [7, 11) is 0. The van der Waals surface area contributed by atoms with Crippen molar-refractivity contribution in [3.8, 4) is 0 Å². The first kappa shape index (κ1) is 9.92. The number of oxazole rings is 1. The molecule has 0 aliphatic rings. The van der Waals surface area contributed by atoms with Crippen LogP contribution in [0.1, 0.15) is 17.3 Å². The summed E-state index contributed by atoms with van der Waals surface area (Å²) in [4.78, 5) is 11.2. The Morgan fingerprint density at radius 2 is 2.33 bits per heavy atom. The molecule has 0 atom stereocenters. The van der Waals surface area contributed by atoms with Crippen LogP contribution in [0.4, 0.5) is 0 Å². The summed E-state index contributed by atoms with van der Waals surface area (Å²) in [5.74, 6) is -0.952. The Labute approximate surface area is 90.7 Å². The maximum Gasteiger partial charge on any atom is 0.335 e. The Morgan fingerprint density at radius 3 is 2.93 bits per heavy atom. The average Bonchev–Trinajstić information content (AvgIpc) is 2.51. The lowest BCUT2D eigenvalue weighted by atomic mass is 10.2. The quantitative estimate of drug-likeness (QED) is 0.795. The number of benzene rings is 1. The Morgan fingerprint density at radius 1 is 1.60 bits per heavy atom. The van der Waals surface area contributed by atoms with Crippen molar-refractivity contribution in [3.05, 3.63) is 28.6 Å². The number of rotatable bonds is 2. The third kappa shape index (κ3) is 1.55. The zero-order valence-electron chi connectivity index (χ0n) is 8.06. The van der Waals surface area contributed by atoms with Crippen LogP contribution in [0.2, 0.25) is 0 Å². The van der Waals surface area contributed by atoms with E-state index in [0.717, 1.165) is 5.52 Å². The van der Waals surface area contributed by atoms with Crippen molar-refractivity contribution in [2.45, 2.75) is 13.5 Å². The molecule has 78 valence electrons. The molecule has 4 nitrogen and oxygen atoms in total. The molecule has 0 fully saturated rings. The standard InChI is InChI=1S/C10H9NO3S/c1-2-11-7-5-6(9(12)13)3-4-8(7)14-10(11)15/h3-5H,2H2,1H3,(H,12,13). The number of aromatic carboxylic acids is 1. The van der Waals surface area contributed by atoms with Gasteiger partial charge >= 0.3 is 5.97 Å². The number of carboxylic acid groups (broad SMARTS) is 1. The molecule has 1 aromatic heterocycles. The predicted octanol–water partition coefficient (Wildman–Crippen LogP) is 2.68. The van der Waals surface area contributed by atoms with Gasteiger partial charge in [0.25, 0.3) is 4.84 Å². The largest absolute Gasteiger partial charge is 0.478 e. The number of aromatic nitrogens is 1. The van der Waals surface area contributed by atoms with Gasteiger partial charge in [-0.05, 0) is 37.3 Å². The van der Waals surface area contributed by atoms with Crippen molar-refractivity contribution in [3.63, 3.8) is 0 Å². The van der Waals surface area contributed by atoms with Gasteiger partial charge in [-0.3, -0.25) is 4.57 Å². The van der Waals surface area contributed by atoms with E-state index in [0.29, 0.717) is 17.0 Å². The minimum Gasteiger partial charge on any atom is -0.478 e. The van der Waals surface area contributed by atoms with Crippen molar-refractivity contribution in [2.75, 3.05) is 0 Å². The molecule has 1 N–H and O–H groups in total. The van der Waals surface area contributed by atoms with Gasteiger partial charge in [0.05, 0.1) is 11.1 Å².